The van der Waals surface area contributed by atoms with Gasteiger partial charge in [0.2, 0.25) is 0 Å². The number of aliphatic hydroxyl groups is 2. The van der Waals surface area contributed by atoms with Crippen molar-refractivity contribution < 1.29 is 43.2 Å². The van der Waals surface area contributed by atoms with Gasteiger partial charge in [0.25, 0.3) is 0 Å². The zero-order chi connectivity index (χ0) is 46.7. The standard InChI is InChI=1S/C57H64O10/c1-35(33-58)44-23-19-36-17-20-39(21-18-36)45-24-22-41(40-14-10-13-38(30-40)29-37-11-6-4-7-12-37)31-42(45)32-50(60)64-53-51-49(67-57(2,54(53)66-55(44)61)43-15-8-5-9-16-43)26-25-46-48(34-59)47(27-28-63-3)56(62)65-52(46)51/h4,6-7,10-14,17-18,20-21,25-26,30,41-43,45,53-54,58-59H,5,8-9,15-16,19,22-24,27-29,31-34H2,1-3H3. The van der Waals surface area contributed by atoms with E-state index in [0.29, 0.717) is 46.3 Å². The summed E-state index contributed by atoms with van der Waals surface area (Å²) in [4.78, 5) is 43.9. The third-order valence-corrected chi connectivity index (χ3v) is 15.5. The van der Waals surface area contributed by atoms with Gasteiger partial charge in [-0.25, -0.2) is 9.59 Å². The number of esters is 2. The summed E-state index contributed by atoms with van der Waals surface area (Å²) in [6, 6.07) is 31.5. The summed E-state index contributed by atoms with van der Waals surface area (Å²) >= 11 is 0. The monoisotopic (exact) mass is 908 g/mol. The minimum Gasteiger partial charge on any atom is -0.483 e. The molecule has 0 spiro atoms. The summed E-state index contributed by atoms with van der Waals surface area (Å²) in [5.74, 6) is -0.554. The maximum absolute atomic E-state index is 15.1. The van der Waals surface area contributed by atoms with Crippen molar-refractivity contribution in [2.24, 2.45) is 11.8 Å². The average Bonchev–Trinajstić information content (AvgIpc) is 3.34. The lowest BCUT2D eigenvalue weighted by Crippen LogP contribution is -2.58. The normalized spacial score (nSPS) is 25.6. The Labute approximate surface area is 393 Å². The molecule has 2 N–H and O–H groups in total. The predicted octanol–water partition coefficient (Wildman–Crippen LogP) is 10.3. The van der Waals surface area contributed by atoms with Gasteiger partial charge in [0.15, 0.2) is 12.2 Å². The fraction of sp³-hybridized carbons (Fsp3) is 0.456. The molecular formula is C57H64O10. The number of carbonyl (C=O) groups excluding carboxylic acids is 2. The van der Waals surface area contributed by atoms with Gasteiger partial charge in [-0.05, 0) is 134 Å². The number of fused-ring (bicyclic) bond motifs is 11. The molecule has 4 heterocycles. The molecular weight excluding hydrogens is 845 g/mol. The van der Waals surface area contributed by atoms with Crippen molar-refractivity contribution in [2.75, 3.05) is 20.3 Å². The Bertz CT molecular complexity index is 2660. The Hall–Kier alpha value is -5.55. The molecule has 3 aliphatic heterocycles. The molecule has 0 amide bonds. The molecule has 2 bridgehead atoms. The van der Waals surface area contributed by atoms with Gasteiger partial charge in [0, 0.05) is 42.4 Å². The van der Waals surface area contributed by atoms with Crippen LogP contribution < -0.4 is 10.4 Å². The van der Waals surface area contributed by atoms with Crippen molar-refractivity contribution in [3.63, 3.8) is 0 Å². The third-order valence-electron chi connectivity index (χ3n) is 15.5. The number of aliphatic hydroxyl groups excluding tert-OH is 2. The maximum Gasteiger partial charge on any atom is 0.339 e. The Kier molecular flexibility index (Phi) is 14.1. The smallest absolute Gasteiger partial charge is 0.339 e. The molecule has 2 aliphatic carbocycles. The van der Waals surface area contributed by atoms with Crippen LogP contribution in [-0.2, 0) is 49.7 Å². The molecule has 352 valence electrons. The first-order chi connectivity index (χ1) is 32.6. The van der Waals surface area contributed by atoms with Gasteiger partial charge in [0.05, 0.1) is 25.4 Å². The lowest BCUT2D eigenvalue weighted by Gasteiger charge is -2.50. The number of rotatable bonds is 9. The third kappa shape index (κ3) is 9.63. The fourth-order valence-electron chi connectivity index (χ4n) is 11.8. The zero-order valence-corrected chi connectivity index (χ0v) is 39.1. The molecule has 4 aromatic carbocycles. The number of methoxy groups -OCH3 is 1. The van der Waals surface area contributed by atoms with Crippen LogP contribution >= 0.6 is 0 Å². The molecule has 1 aromatic heterocycles. The molecule has 10 rings (SSSR count). The molecule has 6 atom stereocenters. The van der Waals surface area contributed by atoms with E-state index in [4.69, 9.17) is 23.4 Å². The van der Waals surface area contributed by atoms with Crippen LogP contribution in [-0.4, -0.2) is 54.2 Å². The lowest BCUT2D eigenvalue weighted by molar-refractivity contribution is -0.201. The maximum atomic E-state index is 15.1. The van der Waals surface area contributed by atoms with E-state index in [1.54, 1.807) is 26.2 Å². The molecule has 0 saturated heterocycles. The van der Waals surface area contributed by atoms with Crippen molar-refractivity contribution in [1.29, 1.82) is 0 Å². The summed E-state index contributed by atoms with van der Waals surface area (Å²) < 4.78 is 32.2. The van der Waals surface area contributed by atoms with E-state index in [0.717, 1.165) is 63.4 Å². The average molecular weight is 909 g/mol. The predicted molar refractivity (Wildman–Crippen MR) is 256 cm³/mol. The van der Waals surface area contributed by atoms with Gasteiger partial charge in [-0.15, -0.1) is 0 Å². The fourth-order valence-corrected chi connectivity index (χ4v) is 11.8. The van der Waals surface area contributed by atoms with Crippen LogP contribution in [0.5, 0.6) is 5.75 Å². The largest absolute Gasteiger partial charge is 0.483 e. The number of hydrogen-bond acceptors (Lipinski definition) is 10. The molecule has 10 nitrogen and oxygen atoms in total. The molecule has 5 aliphatic rings. The van der Waals surface area contributed by atoms with Gasteiger partial charge in [-0.3, -0.25) is 4.79 Å². The highest BCUT2D eigenvalue weighted by molar-refractivity contribution is 5.90. The van der Waals surface area contributed by atoms with Gasteiger partial charge in [0.1, 0.15) is 16.9 Å². The highest BCUT2D eigenvalue weighted by atomic mass is 16.6. The minimum absolute atomic E-state index is 0.0726. The first kappa shape index (κ1) is 46.6. The first-order valence-corrected chi connectivity index (χ1v) is 24.4. The van der Waals surface area contributed by atoms with Crippen LogP contribution in [0, 0.1) is 11.8 Å². The number of aryl methyl sites for hydroxylation is 1. The number of hydrogen-bond donors (Lipinski definition) is 2. The highest BCUT2D eigenvalue weighted by Gasteiger charge is 2.56. The Morgan fingerprint density at radius 1 is 0.806 bits per heavy atom. The first-order valence-electron chi connectivity index (χ1n) is 24.4. The minimum atomic E-state index is -1.25. The number of carbonyl (C=O) groups is 2. The summed E-state index contributed by atoms with van der Waals surface area (Å²) in [6.45, 7) is 3.15. The van der Waals surface area contributed by atoms with E-state index in [1.165, 1.54) is 22.3 Å². The molecule has 67 heavy (non-hydrogen) atoms. The van der Waals surface area contributed by atoms with Crippen LogP contribution in [0.3, 0.4) is 0 Å². The molecule has 2 fully saturated rings. The summed E-state index contributed by atoms with van der Waals surface area (Å²) in [5, 5.41) is 21.7. The van der Waals surface area contributed by atoms with Crippen molar-refractivity contribution in [3.05, 3.63) is 157 Å². The Morgan fingerprint density at radius 2 is 1.58 bits per heavy atom. The Balaban J connectivity index is 1.16. The van der Waals surface area contributed by atoms with Crippen molar-refractivity contribution in [3.8, 4) is 5.75 Å². The van der Waals surface area contributed by atoms with Crippen LogP contribution in [0.2, 0.25) is 0 Å². The van der Waals surface area contributed by atoms with E-state index in [-0.39, 0.29) is 60.9 Å². The molecule has 5 aromatic rings. The summed E-state index contributed by atoms with van der Waals surface area (Å²) in [7, 11) is 1.54. The number of ether oxygens (including phenoxy) is 4. The molecule has 6 unspecified atom stereocenters. The Morgan fingerprint density at radius 3 is 2.33 bits per heavy atom. The van der Waals surface area contributed by atoms with Gasteiger partial charge in [-0.1, -0.05) is 98.1 Å². The van der Waals surface area contributed by atoms with E-state index >= 15 is 4.79 Å². The lowest BCUT2D eigenvalue weighted by atomic mass is 9.68. The van der Waals surface area contributed by atoms with E-state index in [9.17, 15) is 19.8 Å². The van der Waals surface area contributed by atoms with Gasteiger partial charge < -0.3 is 33.6 Å². The van der Waals surface area contributed by atoms with Crippen LogP contribution in [0.1, 0.15) is 141 Å². The summed E-state index contributed by atoms with van der Waals surface area (Å²) in [5.41, 5.74) is 6.11. The van der Waals surface area contributed by atoms with Crippen molar-refractivity contribution in [1.82, 2.24) is 0 Å². The van der Waals surface area contributed by atoms with Crippen LogP contribution in [0.25, 0.3) is 11.0 Å². The molecule has 2 saturated carbocycles. The van der Waals surface area contributed by atoms with Gasteiger partial charge in [-0.2, -0.15) is 0 Å². The quantitative estimate of drug-likeness (QED) is 0.0834. The van der Waals surface area contributed by atoms with Crippen molar-refractivity contribution in [2.45, 2.75) is 134 Å². The summed E-state index contributed by atoms with van der Waals surface area (Å²) in [6.07, 6.45) is 6.86. The number of benzene rings is 4. The zero-order valence-electron chi connectivity index (χ0n) is 39.1. The van der Waals surface area contributed by atoms with Crippen LogP contribution in [0.15, 0.2) is 111 Å². The van der Waals surface area contributed by atoms with E-state index in [2.05, 4.69) is 72.8 Å². The topological polar surface area (TPSA) is 142 Å². The SMILES string of the molecule is COCCc1c(CO)c2ccc3c(c2oc1=O)C1OC(=O)CC2CC(c4cccc(Cc5ccccc5)c4)CCC2c2ccc(cc2)CCC(=C(C)CO)C(=O)OC1C(C)(C1CCCCC1)O3. The molecule has 0 radical (unpaired) electrons. The second-order valence-electron chi connectivity index (χ2n) is 19.6. The van der Waals surface area contributed by atoms with Crippen molar-refractivity contribution >= 4 is 22.9 Å². The van der Waals surface area contributed by atoms with Crippen LogP contribution in [0.4, 0.5) is 0 Å². The second kappa shape index (κ2) is 20.4. The van der Waals surface area contributed by atoms with Gasteiger partial charge >= 0.3 is 17.6 Å². The molecule has 10 heteroatoms. The highest BCUT2D eigenvalue weighted by Crippen LogP contribution is 2.53. The van der Waals surface area contributed by atoms with E-state index < -0.39 is 42.0 Å². The second-order valence-corrected chi connectivity index (χ2v) is 19.6. The van der Waals surface area contributed by atoms with E-state index in [1.807, 2.05) is 13.0 Å².